The Morgan fingerprint density at radius 2 is 2.00 bits per heavy atom. The van der Waals surface area contributed by atoms with Gasteiger partial charge in [-0.05, 0) is 50.0 Å². The zero-order valence-electron chi connectivity index (χ0n) is 12.3. The molecule has 21 heavy (non-hydrogen) atoms. The van der Waals surface area contributed by atoms with Crippen molar-refractivity contribution in [3.05, 3.63) is 33.8 Å². The highest BCUT2D eigenvalue weighted by molar-refractivity contribution is 6.35. The van der Waals surface area contributed by atoms with E-state index in [2.05, 4.69) is 4.90 Å². The maximum atomic E-state index is 12.5. The van der Waals surface area contributed by atoms with Crippen molar-refractivity contribution in [3.63, 3.8) is 0 Å². The van der Waals surface area contributed by atoms with Gasteiger partial charge in [-0.3, -0.25) is 4.90 Å². The molecule has 0 spiro atoms. The van der Waals surface area contributed by atoms with Gasteiger partial charge in [0.05, 0.1) is 6.61 Å². The number of ether oxygens (including phenoxy) is 1. The van der Waals surface area contributed by atoms with Crippen molar-refractivity contribution in [1.82, 2.24) is 4.90 Å². The average molecular weight is 330 g/mol. The molecule has 1 aromatic carbocycles. The Balaban J connectivity index is 2.27. The van der Waals surface area contributed by atoms with Crippen molar-refractivity contribution in [3.8, 4) is 0 Å². The van der Waals surface area contributed by atoms with Gasteiger partial charge in [0.25, 0.3) is 0 Å². The van der Waals surface area contributed by atoms with Crippen LogP contribution in [0.25, 0.3) is 0 Å². The lowest BCUT2D eigenvalue weighted by Gasteiger charge is -2.33. The summed E-state index contributed by atoms with van der Waals surface area (Å²) in [5.41, 5.74) is 0.782. The third-order valence-electron chi connectivity index (χ3n) is 3.68. The maximum absolute atomic E-state index is 12.5. The molecule has 1 saturated heterocycles. The fourth-order valence-corrected chi connectivity index (χ4v) is 3.17. The normalized spacial score (nSPS) is 17.5. The molecule has 5 heteroatoms. The fraction of sp³-hybridized carbons (Fsp3) is 0.562. The van der Waals surface area contributed by atoms with E-state index in [1.807, 2.05) is 13.0 Å². The zero-order valence-corrected chi connectivity index (χ0v) is 13.8. The fourth-order valence-electron chi connectivity index (χ4n) is 2.65. The highest BCUT2D eigenvalue weighted by atomic mass is 35.5. The topological polar surface area (TPSA) is 29.5 Å². The predicted molar refractivity (Wildman–Crippen MR) is 85.9 cm³/mol. The molecule has 2 rings (SSSR count). The number of esters is 1. The van der Waals surface area contributed by atoms with Crippen LogP contribution in [0.3, 0.4) is 0 Å². The van der Waals surface area contributed by atoms with Crippen LogP contribution >= 0.6 is 23.2 Å². The van der Waals surface area contributed by atoms with E-state index in [1.165, 1.54) is 6.42 Å². The largest absolute Gasteiger partial charge is 0.464 e. The number of piperidine rings is 1. The van der Waals surface area contributed by atoms with Crippen LogP contribution in [0.4, 0.5) is 0 Å². The van der Waals surface area contributed by atoms with Crippen LogP contribution in [0.5, 0.6) is 0 Å². The van der Waals surface area contributed by atoms with E-state index in [0.717, 1.165) is 37.9 Å². The van der Waals surface area contributed by atoms with Crippen molar-refractivity contribution >= 4 is 29.2 Å². The zero-order chi connectivity index (χ0) is 15.2. The number of halogens is 2. The van der Waals surface area contributed by atoms with E-state index in [9.17, 15) is 4.79 Å². The first-order valence-corrected chi connectivity index (χ1v) is 8.24. The molecule has 0 aromatic heterocycles. The molecule has 0 amide bonds. The molecule has 1 aliphatic heterocycles. The minimum Gasteiger partial charge on any atom is -0.464 e. The molecule has 1 heterocycles. The van der Waals surface area contributed by atoms with Crippen LogP contribution in [0, 0.1) is 0 Å². The summed E-state index contributed by atoms with van der Waals surface area (Å²) >= 11 is 12.3. The maximum Gasteiger partial charge on any atom is 0.328 e. The molecule has 3 nitrogen and oxygen atoms in total. The van der Waals surface area contributed by atoms with Crippen LogP contribution in [-0.4, -0.2) is 30.6 Å². The number of benzene rings is 1. The van der Waals surface area contributed by atoms with Crippen molar-refractivity contribution < 1.29 is 9.53 Å². The second-order valence-electron chi connectivity index (χ2n) is 5.33. The third-order valence-corrected chi connectivity index (χ3v) is 4.25. The molecule has 1 aliphatic rings. The van der Waals surface area contributed by atoms with E-state index in [1.54, 1.807) is 12.1 Å². The molecular formula is C16H21Cl2NO2. The molecule has 1 unspecified atom stereocenters. The lowest BCUT2D eigenvalue weighted by molar-refractivity contribution is -0.150. The first-order valence-electron chi connectivity index (χ1n) is 7.49. The second kappa shape index (κ2) is 8.02. The third kappa shape index (κ3) is 4.35. The van der Waals surface area contributed by atoms with Gasteiger partial charge in [-0.25, -0.2) is 4.79 Å². The molecule has 0 radical (unpaired) electrons. The summed E-state index contributed by atoms with van der Waals surface area (Å²) in [7, 11) is 0. The number of carbonyl (C=O) groups is 1. The highest BCUT2D eigenvalue weighted by Crippen LogP contribution is 2.32. The van der Waals surface area contributed by atoms with Crippen molar-refractivity contribution in [2.45, 2.75) is 38.6 Å². The monoisotopic (exact) mass is 329 g/mol. The number of likely N-dealkylation sites (tertiary alicyclic amines) is 1. The Hall–Kier alpha value is -0.770. The van der Waals surface area contributed by atoms with Crippen molar-refractivity contribution in [2.75, 3.05) is 19.7 Å². The van der Waals surface area contributed by atoms with Gasteiger partial charge in [0.2, 0.25) is 0 Å². The van der Waals surface area contributed by atoms with Gasteiger partial charge in [0.1, 0.15) is 6.04 Å². The lowest BCUT2D eigenvalue weighted by atomic mass is 10.0. The van der Waals surface area contributed by atoms with Crippen molar-refractivity contribution in [1.29, 1.82) is 0 Å². The van der Waals surface area contributed by atoms with Crippen LogP contribution in [0.1, 0.15) is 44.2 Å². The van der Waals surface area contributed by atoms with E-state index >= 15 is 0 Å². The second-order valence-corrected chi connectivity index (χ2v) is 6.18. The number of hydrogen-bond acceptors (Lipinski definition) is 3. The summed E-state index contributed by atoms with van der Waals surface area (Å²) in [6.45, 7) is 4.21. The van der Waals surface area contributed by atoms with E-state index in [0.29, 0.717) is 16.7 Å². The van der Waals surface area contributed by atoms with Gasteiger partial charge < -0.3 is 4.74 Å². The van der Waals surface area contributed by atoms with Gasteiger partial charge >= 0.3 is 5.97 Å². The SMILES string of the molecule is CCCOC(=O)C(c1ccc(Cl)cc1Cl)N1CCCCC1. The van der Waals surface area contributed by atoms with Gasteiger partial charge in [0, 0.05) is 10.0 Å². The average Bonchev–Trinajstić information content (AvgIpc) is 2.49. The Morgan fingerprint density at radius 1 is 1.29 bits per heavy atom. The van der Waals surface area contributed by atoms with E-state index in [-0.39, 0.29) is 5.97 Å². The Labute approximate surface area is 136 Å². The summed E-state index contributed by atoms with van der Waals surface area (Å²) in [6.07, 6.45) is 4.22. The molecule has 1 fully saturated rings. The van der Waals surface area contributed by atoms with Crippen LogP contribution < -0.4 is 0 Å². The number of nitrogens with zero attached hydrogens (tertiary/aromatic N) is 1. The lowest BCUT2D eigenvalue weighted by Crippen LogP contribution is -2.39. The first kappa shape index (κ1) is 16.6. The Bertz CT molecular complexity index is 487. The summed E-state index contributed by atoms with van der Waals surface area (Å²) in [4.78, 5) is 14.6. The van der Waals surface area contributed by atoms with Crippen molar-refractivity contribution in [2.24, 2.45) is 0 Å². The Morgan fingerprint density at radius 3 is 2.62 bits per heavy atom. The smallest absolute Gasteiger partial charge is 0.328 e. The minimum atomic E-state index is -0.429. The summed E-state index contributed by atoms with van der Waals surface area (Å²) in [5.74, 6) is -0.219. The molecular weight excluding hydrogens is 309 g/mol. The van der Waals surface area contributed by atoms with Gasteiger partial charge in [-0.2, -0.15) is 0 Å². The molecule has 116 valence electrons. The minimum absolute atomic E-state index is 0.219. The van der Waals surface area contributed by atoms with E-state index in [4.69, 9.17) is 27.9 Å². The number of carbonyl (C=O) groups excluding carboxylic acids is 1. The molecule has 0 bridgehead atoms. The summed E-state index contributed by atoms with van der Waals surface area (Å²) in [5, 5.41) is 1.09. The molecule has 1 atom stereocenters. The first-order chi connectivity index (χ1) is 10.1. The quantitative estimate of drug-likeness (QED) is 0.746. The van der Waals surface area contributed by atoms with Gasteiger partial charge in [0.15, 0.2) is 0 Å². The van der Waals surface area contributed by atoms with Crippen LogP contribution in [0.15, 0.2) is 18.2 Å². The Kier molecular flexibility index (Phi) is 6.34. The molecule has 1 aromatic rings. The summed E-state index contributed by atoms with van der Waals surface area (Å²) < 4.78 is 5.37. The molecule has 0 saturated carbocycles. The van der Waals surface area contributed by atoms with Gasteiger partial charge in [-0.1, -0.05) is 42.6 Å². The van der Waals surface area contributed by atoms with Gasteiger partial charge in [-0.15, -0.1) is 0 Å². The standard InChI is InChI=1S/C16H21Cl2NO2/c1-2-10-21-16(20)15(19-8-4-3-5-9-19)13-7-6-12(17)11-14(13)18/h6-7,11,15H,2-5,8-10H2,1H3. The number of hydrogen-bond donors (Lipinski definition) is 0. The van der Waals surface area contributed by atoms with Crippen LogP contribution in [-0.2, 0) is 9.53 Å². The van der Waals surface area contributed by atoms with E-state index < -0.39 is 6.04 Å². The molecule has 0 N–H and O–H groups in total. The predicted octanol–water partition coefficient (Wildman–Crippen LogP) is 4.47. The summed E-state index contributed by atoms with van der Waals surface area (Å²) in [6, 6.07) is 4.86. The number of rotatable bonds is 5. The van der Waals surface area contributed by atoms with Crippen LogP contribution in [0.2, 0.25) is 10.0 Å². The molecule has 0 aliphatic carbocycles. The highest BCUT2D eigenvalue weighted by Gasteiger charge is 2.31.